The van der Waals surface area contributed by atoms with E-state index in [0.717, 1.165) is 18.7 Å². The lowest BCUT2D eigenvalue weighted by molar-refractivity contribution is -0.122. The third kappa shape index (κ3) is 3.58. The van der Waals surface area contributed by atoms with Crippen LogP contribution in [0, 0.1) is 5.41 Å². The fourth-order valence-electron chi connectivity index (χ4n) is 2.81. The molecule has 1 amide bonds. The second kappa shape index (κ2) is 5.94. The van der Waals surface area contributed by atoms with Gasteiger partial charge in [-0.25, -0.2) is 5.84 Å². The summed E-state index contributed by atoms with van der Waals surface area (Å²) in [5.74, 6) is 4.81. The normalized spacial score (nSPS) is 19.8. The van der Waals surface area contributed by atoms with E-state index >= 15 is 0 Å². The van der Waals surface area contributed by atoms with E-state index in [2.05, 4.69) is 36.3 Å². The summed E-state index contributed by atoms with van der Waals surface area (Å²) in [6.45, 7) is 9.81. The Hall–Kier alpha value is -1.39. The van der Waals surface area contributed by atoms with Crippen LogP contribution in [0.3, 0.4) is 0 Å². The van der Waals surface area contributed by atoms with Crippen molar-refractivity contribution in [2.45, 2.75) is 39.7 Å². The monoisotopic (exact) mass is 275 g/mol. The first-order chi connectivity index (χ1) is 9.41. The Kier molecular flexibility index (Phi) is 4.45. The number of amides is 1. The summed E-state index contributed by atoms with van der Waals surface area (Å²) in [6, 6.07) is 8.27. The summed E-state index contributed by atoms with van der Waals surface area (Å²) in [4.78, 5) is 14.0. The second-order valence-electron chi connectivity index (χ2n) is 6.60. The summed E-state index contributed by atoms with van der Waals surface area (Å²) in [5.41, 5.74) is 4.93. The topological polar surface area (TPSA) is 58.4 Å². The molecular formula is C16H25N3O. The van der Waals surface area contributed by atoms with Crippen LogP contribution in [0.4, 0.5) is 0 Å². The number of hydrogen-bond acceptors (Lipinski definition) is 3. The Balaban J connectivity index is 1.97. The molecule has 1 aliphatic heterocycles. The SMILES string of the molecule is CC(C(=O)NN)c1ccc(CN2CCC(C)(C)C2)cc1. The van der Waals surface area contributed by atoms with Crippen LogP contribution in [-0.2, 0) is 11.3 Å². The highest BCUT2D eigenvalue weighted by atomic mass is 16.2. The van der Waals surface area contributed by atoms with Gasteiger partial charge in [-0.15, -0.1) is 0 Å². The molecule has 4 heteroatoms. The Morgan fingerprint density at radius 1 is 1.40 bits per heavy atom. The number of nitrogens with zero attached hydrogens (tertiary/aromatic N) is 1. The van der Waals surface area contributed by atoms with E-state index in [1.165, 1.54) is 18.5 Å². The summed E-state index contributed by atoms with van der Waals surface area (Å²) in [6.07, 6.45) is 1.26. The molecule has 0 aliphatic carbocycles. The Morgan fingerprint density at radius 2 is 2.05 bits per heavy atom. The highest BCUT2D eigenvalue weighted by Gasteiger charge is 2.28. The van der Waals surface area contributed by atoms with Gasteiger partial charge in [-0.3, -0.25) is 15.1 Å². The van der Waals surface area contributed by atoms with E-state index in [1.54, 1.807) is 0 Å². The van der Waals surface area contributed by atoms with Crippen molar-refractivity contribution < 1.29 is 4.79 Å². The molecule has 0 aromatic heterocycles. The smallest absolute Gasteiger partial charge is 0.241 e. The maximum Gasteiger partial charge on any atom is 0.241 e. The van der Waals surface area contributed by atoms with Crippen LogP contribution in [0.5, 0.6) is 0 Å². The minimum absolute atomic E-state index is 0.154. The number of carbonyl (C=O) groups is 1. The third-order valence-electron chi connectivity index (χ3n) is 4.18. The molecule has 0 radical (unpaired) electrons. The molecule has 1 aromatic rings. The van der Waals surface area contributed by atoms with Gasteiger partial charge in [-0.1, -0.05) is 38.1 Å². The molecule has 1 aromatic carbocycles. The number of likely N-dealkylation sites (tertiary alicyclic amines) is 1. The van der Waals surface area contributed by atoms with E-state index in [1.807, 2.05) is 19.1 Å². The quantitative estimate of drug-likeness (QED) is 0.502. The zero-order chi connectivity index (χ0) is 14.8. The summed E-state index contributed by atoms with van der Waals surface area (Å²) in [5, 5.41) is 0. The number of rotatable bonds is 4. The molecule has 2 rings (SSSR count). The fourth-order valence-corrected chi connectivity index (χ4v) is 2.81. The predicted octanol–water partition coefficient (Wildman–Crippen LogP) is 2.01. The van der Waals surface area contributed by atoms with Gasteiger partial charge in [-0.2, -0.15) is 0 Å². The minimum atomic E-state index is -0.209. The van der Waals surface area contributed by atoms with E-state index in [-0.39, 0.29) is 11.8 Å². The van der Waals surface area contributed by atoms with Gasteiger partial charge >= 0.3 is 0 Å². The summed E-state index contributed by atoms with van der Waals surface area (Å²) < 4.78 is 0. The van der Waals surface area contributed by atoms with Crippen LogP contribution in [0.2, 0.25) is 0 Å². The summed E-state index contributed by atoms with van der Waals surface area (Å²) >= 11 is 0. The van der Waals surface area contributed by atoms with E-state index in [9.17, 15) is 4.79 Å². The van der Waals surface area contributed by atoms with Crippen LogP contribution in [0.1, 0.15) is 44.2 Å². The molecule has 1 aliphatic rings. The van der Waals surface area contributed by atoms with Crippen molar-refractivity contribution in [1.82, 2.24) is 10.3 Å². The van der Waals surface area contributed by atoms with Crippen molar-refractivity contribution in [2.75, 3.05) is 13.1 Å². The number of benzene rings is 1. The van der Waals surface area contributed by atoms with Gasteiger partial charge in [0.15, 0.2) is 0 Å². The molecule has 3 N–H and O–H groups in total. The Bertz CT molecular complexity index is 467. The molecule has 1 unspecified atom stereocenters. The Labute approximate surface area is 121 Å². The van der Waals surface area contributed by atoms with Gasteiger partial charge < -0.3 is 0 Å². The molecule has 20 heavy (non-hydrogen) atoms. The van der Waals surface area contributed by atoms with Crippen molar-refractivity contribution >= 4 is 5.91 Å². The standard InChI is InChI=1S/C16H25N3O/c1-12(15(20)18-17)14-6-4-13(5-7-14)10-19-9-8-16(2,3)11-19/h4-7,12H,8-11,17H2,1-3H3,(H,18,20). The second-order valence-corrected chi connectivity index (χ2v) is 6.60. The van der Waals surface area contributed by atoms with E-state index < -0.39 is 0 Å². The molecule has 1 saturated heterocycles. The van der Waals surface area contributed by atoms with Crippen molar-refractivity contribution in [3.63, 3.8) is 0 Å². The number of nitrogens with one attached hydrogen (secondary N) is 1. The van der Waals surface area contributed by atoms with Gasteiger partial charge in [0.25, 0.3) is 0 Å². The first-order valence-electron chi connectivity index (χ1n) is 7.23. The number of nitrogens with two attached hydrogens (primary N) is 1. The van der Waals surface area contributed by atoms with Crippen molar-refractivity contribution in [2.24, 2.45) is 11.3 Å². The van der Waals surface area contributed by atoms with E-state index in [0.29, 0.717) is 5.41 Å². The van der Waals surface area contributed by atoms with Gasteiger partial charge in [0.1, 0.15) is 0 Å². The molecule has 1 fully saturated rings. The van der Waals surface area contributed by atoms with Crippen LogP contribution < -0.4 is 11.3 Å². The van der Waals surface area contributed by atoms with Crippen LogP contribution in [0.15, 0.2) is 24.3 Å². The zero-order valence-electron chi connectivity index (χ0n) is 12.6. The van der Waals surface area contributed by atoms with Crippen LogP contribution in [0.25, 0.3) is 0 Å². The highest BCUT2D eigenvalue weighted by molar-refractivity contribution is 5.82. The third-order valence-corrected chi connectivity index (χ3v) is 4.18. The lowest BCUT2D eigenvalue weighted by Gasteiger charge is -2.20. The first kappa shape index (κ1) is 15.0. The van der Waals surface area contributed by atoms with E-state index in [4.69, 9.17) is 5.84 Å². The van der Waals surface area contributed by atoms with Crippen molar-refractivity contribution in [1.29, 1.82) is 0 Å². The number of hydrazine groups is 1. The van der Waals surface area contributed by atoms with Gasteiger partial charge in [0.05, 0.1) is 5.92 Å². The molecular weight excluding hydrogens is 250 g/mol. The zero-order valence-corrected chi connectivity index (χ0v) is 12.6. The number of carbonyl (C=O) groups excluding carboxylic acids is 1. The molecule has 0 spiro atoms. The highest BCUT2D eigenvalue weighted by Crippen LogP contribution is 2.29. The molecule has 4 nitrogen and oxygen atoms in total. The molecule has 0 saturated carbocycles. The van der Waals surface area contributed by atoms with Crippen molar-refractivity contribution in [3.8, 4) is 0 Å². The Morgan fingerprint density at radius 3 is 2.55 bits per heavy atom. The van der Waals surface area contributed by atoms with Gasteiger partial charge in [0, 0.05) is 13.1 Å². The lowest BCUT2D eigenvalue weighted by atomic mass is 9.93. The average molecular weight is 275 g/mol. The predicted molar refractivity (Wildman–Crippen MR) is 80.9 cm³/mol. The average Bonchev–Trinajstić information content (AvgIpc) is 2.77. The minimum Gasteiger partial charge on any atom is -0.299 e. The van der Waals surface area contributed by atoms with Crippen molar-refractivity contribution in [3.05, 3.63) is 35.4 Å². The maximum absolute atomic E-state index is 11.5. The van der Waals surface area contributed by atoms with Crippen LogP contribution >= 0.6 is 0 Å². The molecule has 0 bridgehead atoms. The summed E-state index contributed by atoms with van der Waals surface area (Å²) in [7, 11) is 0. The molecule has 1 heterocycles. The largest absolute Gasteiger partial charge is 0.299 e. The number of hydrogen-bond donors (Lipinski definition) is 2. The van der Waals surface area contributed by atoms with Crippen LogP contribution in [-0.4, -0.2) is 23.9 Å². The molecule has 1 atom stereocenters. The molecule has 110 valence electrons. The van der Waals surface area contributed by atoms with Gasteiger partial charge in [0.2, 0.25) is 5.91 Å². The van der Waals surface area contributed by atoms with Gasteiger partial charge in [-0.05, 0) is 36.4 Å². The first-order valence-corrected chi connectivity index (χ1v) is 7.23. The fraction of sp³-hybridized carbons (Fsp3) is 0.562. The maximum atomic E-state index is 11.5. The lowest BCUT2D eigenvalue weighted by Crippen LogP contribution is -2.33.